The fraction of sp³-hybridized carbons (Fsp3) is 0.300. The molecule has 0 bridgehead atoms. The maximum atomic E-state index is 13.2. The Hall–Kier alpha value is -0.930. The van der Waals surface area contributed by atoms with Crippen LogP contribution in [0.25, 0.3) is 0 Å². The monoisotopic (exact) mass is 216 g/mol. The van der Waals surface area contributed by atoms with Crippen LogP contribution in [0.1, 0.15) is 17.3 Å². The summed E-state index contributed by atoms with van der Waals surface area (Å²) >= 11 is 5.69. The third-order valence-corrected chi connectivity index (χ3v) is 1.99. The van der Waals surface area contributed by atoms with E-state index < -0.39 is 11.6 Å². The van der Waals surface area contributed by atoms with Gasteiger partial charge in [0.1, 0.15) is 12.4 Å². The van der Waals surface area contributed by atoms with Gasteiger partial charge in [-0.2, -0.15) is 0 Å². The number of rotatable bonds is 4. The molecule has 0 fully saturated rings. The predicted molar refractivity (Wildman–Crippen MR) is 52.2 cm³/mol. The van der Waals surface area contributed by atoms with Crippen molar-refractivity contribution >= 4 is 17.4 Å². The lowest BCUT2D eigenvalue weighted by Crippen LogP contribution is -2.11. The Bertz CT molecular complexity index is 319. The molecule has 0 aromatic heterocycles. The lowest BCUT2D eigenvalue weighted by molar-refractivity contribution is 0.0779. The molecule has 1 rings (SSSR count). The van der Waals surface area contributed by atoms with Crippen molar-refractivity contribution in [3.63, 3.8) is 0 Å². The molecule has 0 amide bonds. The normalized spacial score (nSPS) is 10.2. The summed E-state index contributed by atoms with van der Waals surface area (Å²) in [6.07, 6.45) is 0. The lowest BCUT2D eigenvalue weighted by atomic mass is 10.1. The van der Waals surface area contributed by atoms with E-state index in [2.05, 4.69) is 0 Å². The first-order valence-electron chi connectivity index (χ1n) is 4.21. The van der Waals surface area contributed by atoms with Gasteiger partial charge in [-0.3, -0.25) is 4.79 Å². The molecule has 0 N–H and O–H groups in total. The van der Waals surface area contributed by atoms with Crippen LogP contribution in [-0.4, -0.2) is 19.0 Å². The number of hydrogen-bond donors (Lipinski definition) is 0. The summed E-state index contributed by atoms with van der Waals surface area (Å²) in [6.45, 7) is 2.03. The highest BCUT2D eigenvalue weighted by Crippen LogP contribution is 2.19. The van der Waals surface area contributed by atoms with Crippen molar-refractivity contribution in [3.05, 3.63) is 34.6 Å². The number of carbonyl (C=O) groups is 1. The first-order valence-corrected chi connectivity index (χ1v) is 4.59. The van der Waals surface area contributed by atoms with Gasteiger partial charge in [-0.25, -0.2) is 4.39 Å². The van der Waals surface area contributed by atoms with Gasteiger partial charge in [0.15, 0.2) is 5.78 Å². The van der Waals surface area contributed by atoms with Crippen LogP contribution in [-0.2, 0) is 4.74 Å². The molecule has 0 aliphatic carbocycles. The van der Waals surface area contributed by atoms with Gasteiger partial charge in [-0.15, -0.1) is 0 Å². The van der Waals surface area contributed by atoms with E-state index in [0.717, 1.165) is 0 Å². The zero-order valence-electron chi connectivity index (χ0n) is 7.72. The number of benzene rings is 1. The van der Waals surface area contributed by atoms with Crippen molar-refractivity contribution in [1.29, 1.82) is 0 Å². The molecule has 0 radical (unpaired) electrons. The van der Waals surface area contributed by atoms with Crippen LogP contribution in [0.2, 0.25) is 5.02 Å². The largest absolute Gasteiger partial charge is 0.374 e. The van der Waals surface area contributed by atoms with Crippen LogP contribution in [0.15, 0.2) is 18.2 Å². The zero-order valence-corrected chi connectivity index (χ0v) is 8.47. The third kappa shape index (κ3) is 2.53. The van der Waals surface area contributed by atoms with Crippen LogP contribution in [0.3, 0.4) is 0 Å². The number of ether oxygens (including phenoxy) is 1. The summed E-state index contributed by atoms with van der Waals surface area (Å²) < 4.78 is 18.1. The number of hydrogen-bond acceptors (Lipinski definition) is 2. The summed E-state index contributed by atoms with van der Waals surface area (Å²) in [7, 11) is 0. The molecular formula is C10H10ClFO2. The van der Waals surface area contributed by atoms with E-state index in [0.29, 0.717) is 6.61 Å². The Morgan fingerprint density at radius 1 is 1.57 bits per heavy atom. The Balaban J connectivity index is 2.89. The van der Waals surface area contributed by atoms with E-state index in [1.165, 1.54) is 18.2 Å². The van der Waals surface area contributed by atoms with Gasteiger partial charge in [0, 0.05) is 6.61 Å². The zero-order chi connectivity index (χ0) is 10.6. The van der Waals surface area contributed by atoms with Crippen molar-refractivity contribution in [2.45, 2.75) is 6.92 Å². The van der Waals surface area contributed by atoms with E-state index in [1.54, 1.807) is 6.92 Å². The molecule has 4 heteroatoms. The van der Waals surface area contributed by atoms with Crippen molar-refractivity contribution in [2.75, 3.05) is 13.2 Å². The molecule has 14 heavy (non-hydrogen) atoms. The summed E-state index contributed by atoms with van der Waals surface area (Å²) in [4.78, 5) is 11.4. The van der Waals surface area contributed by atoms with Gasteiger partial charge in [-0.05, 0) is 19.1 Å². The van der Waals surface area contributed by atoms with Gasteiger partial charge in [0.2, 0.25) is 0 Å². The fourth-order valence-electron chi connectivity index (χ4n) is 1.03. The molecule has 76 valence electrons. The third-order valence-electron chi connectivity index (χ3n) is 1.68. The first kappa shape index (κ1) is 11.1. The van der Waals surface area contributed by atoms with Crippen LogP contribution >= 0.6 is 11.6 Å². The minimum atomic E-state index is -0.609. The summed E-state index contributed by atoms with van der Waals surface area (Å²) in [6, 6.07) is 4.13. The minimum absolute atomic E-state index is 0.0948. The number of halogens is 2. The Morgan fingerprint density at radius 3 is 2.86 bits per heavy atom. The van der Waals surface area contributed by atoms with E-state index in [9.17, 15) is 9.18 Å². The second-order valence-electron chi connectivity index (χ2n) is 2.66. The average molecular weight is 217 g/mol. The van der Waals surface area contributed by atoms with Gasteiger partial charge < -0.3 is 4.74 Å². The van der Waals surface area contributed by atoms with Gasteiger partial charge in [0.05, 0.1) is 10.6 Å². The molecule has 0 heterocycles. The SMILES string of the molecule is CCOCC(=O)c1c(F)cccc1Cl. The molecule has 0 atom stereocenters. The summed E-state index contributed by atoms with van der Waals surface area (Å²) in [5.74, 6) is -1.04. The van der Waals surface area contributed by atoms with Crippen LogP contribution in [0.5, 0.6) is 0 Å². The highest BCUT2D eigenvalue weighted by molar-refractivity contribution is 6.34. The molecule has 0 unspecified atom stereocenters. The molecule has 0 aliphatic rings. The second kappa shape index (κ2) is 5.08. The lowest BCUT2D eigenvalue weighted by Gasteiger charge is -2.04. The average Bonchev–Trinajstić information content (AvgIpc) is 2.14. The predicted octanol–water partition coefficient (Wildman–Crippen LogP) is 2.70. The molecule has 1 aromatic carbocycles. The molecular weight excluding hydrogens is 207 g/mol. The number of Topliss-reactive ketones (excluding diaryl/α,β-unsaturated/α-hetero) is 1. The Morgan fingerprint density at radius 2 is 2.29 bits per heavy atom. The van der Waals surface area contributed by atoms with Crippen molar-refractivity contribution in [1.82, 2.24) is 0 Å². The van der Waals surface area contributed by atoms with Crippen LogP contribution < -0.4 is 0 Å². The fourth-order valence-corrected chi connectivity index (χ4v) is 1.30. The Labute approximate surface area is 86.6 Å². The maximum absolute atomic E-state index is 13.2. The molecule has 0 aliphatic heterocycles. The van der Waals surface area contributed by atoms with Crippen molar-refractivity contribution in [3.8, 4) is 0 Å². The highest BCUT2D eigenvalue weighted by atomic mass is 35.5. The van der Waals surface area contributed by atoms with Crippen molar-refractivity contribution < 1.29 is 13.9 Å². The van der Waals surface area contributed by atoms with E-state index in [-0.39, 0.29) is 17.2 Å². The quantitative estimate of drug-likeness (QED) is 0.724. The van der Waals surface area contributed by atoms with E-state index in [1.807, 2.05) is 0 Å². The molecule has 2 nitrogen and oxygen atoms in total. The topological polar surface area (TPSA) is 26.3 Å². The number of ketones is 1. The van der Waals surface area contributed by atoms with Crippen LogP contribution in [0.4, 0.5) is 4.39 Å². The smallest absolute Gasteiger partial charge is 0.192 e. The molecule has 0 saturated heterocycles. The molecule has 1 aromatic rings. The van der Waals surface area contributed by atoms with Gasteiger partial charge in [0.25, 0.3) is 0 Å². The van der Waals surface area contributed by atoms with Gasteiger partial charge >= 0.3 is 0 Å². The van der Waals surface area contributed by atoms with Crippen LogP contribution in [0, 0.1) is 5.82 Å². The second-order valence-corrected chi connectivity index (χ2v) is 3.06. The minimum Gasteiger partial charge on any atom is -0.374 e. The maximum Gasteiger partial charge on any atom is 0.192 e. The molecule has 0 spiro atoms. The summed E-state index contributed by atoms with van der Waals surface area (Å²) in [5, 5.41) is 0.120. The van der Waals surface area contributed by atoms with Gasteiger partial charge in [-0.1, -0.05) is 17.7 Å². The standard InChI is InChI=1S/C10H10ClFO2/c1-2-14-6-9(13)10-7(11)4-3-5-8(10)12/h3-5H,2,6H2,1H3. The van der Waals surface area contributed by atoms with E-state index >= 15 is 0 Å². The Kier molecular flexibility index (Phi) is 4.04. The first-order chi connectivity index (χ1) is 6.66. The number of carbonyl (C=O) groups excluding carboxylic acids is 1. The van der Waals surface area contributed by atoms with Crippen molar-refractivity contribution in [2.24, 2.45) is 0 Å². The highest BCUT2D eigenvalue weighted by Gasteiger charge is 2.14. The summed E-state index contributed by atoms with van der Waals surface area (Å²) in [5.41, 5.74) is -0.0948. The molecule has 0 saturated carbocycles. The van der Waals surface area contributed by atoms with E-state index in [4.69, 9.17) is 16.3 Å².